The van der Waals surface area contributed by atoms with Gasteiger partial charge < -0.3 is 5.11 Å². The van der Waals surface area contributed by atoms with E-state index in [0.717, 1.165) is 16.8 Å². The van der Waals surface area contributed by atoms with Gasteiger partial charge in [0.2, 0.25) is 0 Å². The molecule has 3 nitrogen and oxygen atoms in total. The fourth-order valence-electron chi connectivity index (χ4n) is 1.71. The Balaban J connectivity index is 2.46. The van der Waals surface area contributed by atoms with Crippen LogP contribution in [0.3, 0.4) is 0 Å². The molecule has 0 amide bonds. The van der Waals surface area contributed by atoms with Gasteiger partial charge in [-0.15, -0.1) is 0 Å². The first-order valence-electron chi connectivity index (χ1n) is 5.35. The van der Waals surface area contributed by atoms with Crippen LogP contribution in [0.5, 0.6) is 0 Å². The Morgan fingerprint density at radius 2 is 1.82 bits per heavy atom. The molecule has 0 unspecified atom stereocenters. The minimum absolute atomic E-state index is 0.221. The van der Waals surface area contributed by atoms with Gasteiger partial charge in [0.25, 0.3) is 0 Å². The Morgan fingerprint density at radius 1 is 1.18 bits per heavy atom. The van der Waals surface area contributed by atoms with Gasteiger partial charge in [-0.3, -0.25) is 4.98 Å². The first-order valence-corrected chi connectivity index (χ1v) is 5.35. The van der Waals surface area contributed by atoms with E-state index in [2.05, 4.69) is 4.98 Å². The summed E-state index contributed by atoms with van der Waals surface area (Å²) >= 11 is 0. The lowest BCUT2D eigenvalue weighted by Crippen LogP contribution is -1.99. The highest BCUT2D eigenvalue weighted by atomic mass is 16.4. The zero-order chi connectivity index (χ0) is 12.4. The lowest BCUT2D eigenvalue weighted by molar-refractivity contribution is 0.0696. The van der Waals surface area contributed by atoms with Crippen LogP contribution in [0.15, 0.2) is 36.5 Å². The van der Waals surface area contributed by atoms with Crippen LogP contribution in [-0.4, -0.2) is 16.1 Å². The summed E-state index contributed by atoms with van der Waals surface area (Å²) in [5.74, 6) is -0.948. The Hall–Kier alpha value is -2.16. The van der Waals surface area contributed by atoms with Crippen LogP contribution < -0.4 is 0 Å². The third-order valence-corrected chi connectivity index (χ3v) is 2.65. The minimum atomic E-state index is -0.948. The summed E-state index contributed by atoms with van der Waals surface area (Å²) in [5.41, 5.74) is 4.11. The molecule has 0 bridgehead atoms. The summed E-state index contributed by atoms with van der Waals surface area (Å²) < 4.78 is 0. The number of aromatic carboxylic acids is 1. The molecule has 0 fully saturated rings. The molecule has 0 aliphatic rings. The average molecular weight is 227 g/mol. The van der Waals surface area contributed by atoms with Gasteiger partial charge >= 0.3 is 5.97 Å². The molecular weight excluding hydrogens is 214 g/mol. The number of carboxylic acids is 1. The molecule has 1 N–H and O–H groups in total. The molecule has 3 heteroatoms. The molecule has 0 aliphatic carbocycles. The summed E-state index contributed by atoms with van der Waals surface area (Å²) in [7, 11) is 0. The number of carbonyl (C=O) groups is 1. The molecule has 0 saturated heterocycles. The maximum Gasteiger partial charge on any atom is 0.337 e. The second-order valence-corrected chi connectivity index (χ2v) is 4.06. The van der Waals surface area contributed by atoms with Gasteiger partial charge in [-0.25, -0.2) is 4.79 Å². The molecule has 0 spiro atoms. The van der Waals surface area contributed by atoms with Crippen LogP contribution in [-0.2, 0) is 0 Å². The number of hydrogen-bond acceptors (Lipinski definition) is 2. The number of carboxylic acid groups (broad SMARTS) is 1. The first-order chi connectivity index (χ1) is 8.08. The quantitative estimate of drug-likeness (QED) is 0.857. The number of aryl methyl sites for hydroxylation is 2. The molecule has 86 valence electrons. The summed E-state index contributed by atoms with van der Waals surface area (Å²) in [4.78, 5) is 15.0. The Kier molecular flexibility index (Phi) is 2.91. The standard InChI is InChI=1S/C14H13NO2/c1-9-3-5-11(6-4-9)13-10(2)7-12(8-15-13)14(16)17/h3-8H,1-2H3,(H,16,17). The van der Waals surface area contributed by atoms with E-state index < -0.39 is 5.97 Å². The molecule has 0 atom stereocenters. The molecular formula is C14H13NO2. The topological polar surface area (TPSA) is 50.2 Å². The number of hydrogen-bond donors (Lipinski definition) is 1. The number of aromatic nitrogens is 1. The first kappa shape index (κ1) is 11.3. The summed E-state index contributed by atoms with van der Waals surface area (Å²) in [6.07, 6.45) is 1.39. The molecule has 1 aromatic heterocycles. The van der Waals surface area contributed by atoms with Crippen LogP contribution >= 0.6 is 0 Å². The highest BCUT2D eigenvalue weighted by Gasteiger charge is 2.08. The van der Waals surface area contributed by atoms with Gasteiger partial charge in [0.1, 0.15) is 0 Å². The summed E-state index contributed by atoms with van der Waals surface area (Å²) in [5, 5.41) is 8.87. The molecule has 0 saturated carbocycles. The van der Waals surface area contributed by atoms with E-state index in [1.54, 1.807) is 6.07 Å². The Bertz CT molecular complexity index is 559. The summed E-state index contributed by atoms with van der Waals surface area (Å²) in [6.45, 7) is 3.90. The lowest BCUT2D eigenvalue weighted by atomic mass is 10.0. The van der Waals surface area contributed by atoms with Crippen LogP contribution in [0.2, 0.25) is 0 Å². The zero-order valence-corrected chi connectivity index (χ0v) is 9.77. The number of pyridine rings is 1. The van der Waals surface area contributed by atoms with E-state index >= 15 is 0 Å². The van der Waals surface area contributed by atoms with Crippen molar-refractivity contribution in [3.05, 3.63) is 53.2 Å². The highest BCUT2D eigenvalue weighted by molar-refractivity contribution is 5.88. The van der Waals surface area contributed by atoms with Gasteiger partial charge in [0, 0.05) is 11.8 Å². The van der Waals surface area contributed by atoms with E-state index in [9.17, 15) is 4.79 Å². The Labute approximate surface area is 99.8 Å². The summed E-state index contributed by atoms with van der Waals surface area (Å²) in [6, 6.07) is 9.66. The van der Waals surface area contributed by atoms with Crippen molar-refractivity contribution in [1.82, 2.24) is 4.98 Å². The SMILES string of the molecule is Cc1ccc(-c2ncc(C(=O)O)cc2C)cc1. The molecule has 0 aliphatic heterocycles. The van der Waals surface area contributed by atoms with E-state index in [0.29, 0.717) is 0 Å². The van der Waals surface area contributed by atoms with Crippen molar-refractivity contribution in [3.8, 4) is 11.3 Å². The van der Waals surface area contributed by atoms with E-state index in [1.165, 1.54) is 11.8 Å². The van der Waals surface area contributed by atoms with Crippen LogP contribution in [0, 0.1) is 13.8 Å². The van der Waals surface area contributed by atoms with Crippen molar-refractivity contribution in [3.63, 3.8) is 0 Å². The minimum Gasteiger partial charge on any atom is -0.478 e. The van der Waals surface area contributed by atoms with Gasteiger partial charge in [0.15, 0.2) is 0 Å². The predicted molar refractivity (Wildman–Crippen MR) is 66.1 cm³/mol. The van der Waals surface area contributed by atoms with Gasteiger partial charge in [-0.1, -0.05) is 29.8 Å². The van der Waals surface area contributed by atoms with Gasteiger partial charge in [0.05, 0.1) is 11.3 Å². The number of benzene rings is 1. The predicted octanol–water partition coefficient (Wildman–Crippen LogP) is 3.06. The second kappa shape index (κ2) is 4.37. The lowest BCUT2D eigenvalue weighted by Gasteiger charge is -2.06. The van der Waals surface area contributed by atoms with Crippen molar-refractivity contribution < 1.29 is 9.90 Å². The molecule has 2 aromatic rings. The average Bonchev–Trinajstić information content (AvgIpc) is 2.30. The van der Waals surface area contributed by atoms with Crippen molar-refractivity contribution in [1.29, 1.82) is 0 Å². The molecule has 1 aromatic carbocycles. The third kappa shape index (κ3) is 2.33. The van der Waals surface area contributed by atoms with Crippen LogP contribution in [0.4, 0.5) is 0 Å². The normalized spacial score (nSPS) is 10.2. The monoisotopic (exact) mass is 227 g/mol. The van der Waals surface area contributed by atoms with Crippen LogP contribution in [0.1, 0.15) is 21.5 Å². The maximum atomic E-state index is 10.8. The highest BCUT2D eigenvalue weighted by Crippen LogP contribution is 2.21. The van der Waals surface area contributed by atoms with E-state index in [-0.39, 0.29) is 5.56 Å². The zero-order valence-electron chi connectivity index (χ0n) is 9.77. The maximum absolute atomic E-state index is 10.8. The largest absolute Gasteiger partial charge is 0.478 e. The molecule has 17 heavy (non-hydrogen) atoms. The fourth-order valence-corrected chi connectivity index (χ4v) is 1.71. The van der Waals surface area contributed by atoms with E-state index in [4.69, 9.17) is 5.11 Å². The molecule has 0 radical (unpaired) electrons. The van der Waals surface area contributed by atoms with Crippen molar-refractivity contribution in [2.24, 2.45) is 0 Å². The van der Waals surface area contributed by atoms with Gasteiger partial charge in [-0.05, 0) is 25.5 Å². The van der Waals surface area contributed by atoms with E-state index in [1.807, 2.05) is 38.1 Å². The molecule has 1 heterocycles. The smallest absolute Gasteiger partial charge is 0.337 e. The number of rotatable bonds is 2. The third-order valence-electron chi connectivity index (χ3n) is 2.65. The van der Waals surface area contributed by atoms with Crippen molar-refractivity contribution >= 4 is 5.97 Å². The van der Waals surface area contributed by atoms with Gasteiger partial charge in [-0.2, -0.15) is 0 Å². The van der Waals surface area contributed by atoms with Crippen molar-refractivity contribution in [2.75, 3.05) is 0 Å². The Morgan fingerprint density at radius 3 is 2.35 bits per heavy atom. The second-order valence-electron chi connectivity index (χ2n) is 4.06. The fraction of sp³-hybridized carbons (Fsp3) is 0.143. The number of nitrogens with zero attached hydrogens (tertiary/aromatic N) is 1. The van der Waals surface area contributed by atoms with Crippen molar-refractivity contribution in [2.45, 2.75) is 13.8 Å². The van der Waals surface area contributed by atoms with Crippen LogP contribution in [0.25, 0.3) is 11.3 Å². The molecule has 2 rings (SSSR count).